The first-order valence-corrected chi connectivity index (χ1v) is 5.97. The average Bonchev–Trinajstić information content (AvgIpc) is 2.29. The number of hydrogen-bond acceptors (Lipinski definition) is 3. The van der Waals surface area contributed by atoms with Gasteiger partial charge in [-0.05, 0) is 34.1 Å². The normalized spacial score (nSPS) is 10.2. The van der Waals surface area contributed by atoms with Crippen LogP contribution < -0.4 is 5.73 Å². The van der Waals surface area contributed by atoms with E-state index in [0.29, 0.717) is 16.3 Å². The maximum atomic E-state index is 12.2. The standard InChI is InChI=1S/C12H8BrClN2O/c13-7-5-10(15)11(16-6-7)12(17)8-3-1-2-4-9(8)14/h1-6H,15H2. The first-order valence-electron chi connectivity index (χ1n) is 4.80. The van der Waals surface area contributed by atoms with Crippen LogP contribution in [0.25, 0.3) is 0 Å². The van der Waals surface area contributed by atoms with Crippen molar-refractivity contribution in [3.05, 3.63) is 57.3 Å². The number of nitrogen functional groups attached to an aromatic ring is 1. The Bertz CT molecular complexity index is 586. The number of rotatable bonds is 2. The van der Waals surface area contributed by atoms with E-state index in [0.717, 1.165) is 4.47 Å². The zero-order valence-electron chi connectivity index (χ0n) is 8.65. The molecular formula is C12H8BrClN2O. The van der Waals surface area contributed by atoms with Crippen LogP contribution in [0.4, 0.5) is 5.69 Å². The molecule has 5 heteroatoms. The first-order chi connectivity index (χ1) is 8.09. The second kappa shape index (κ2) is 4.85. The number of benzene rings is 1. The van der Waals surface area contributed by atoms with Crippen LogP contribution in [0.15, 0.2) is 41.0 Å². The van der Waals surface area contributed by atoms with Crippen molar-refractivity contribution in [1.29, 1.82) is 0 Å². The summed E-state index contributed by atoms with van der Waals surface area (Å²) < 4.78 is 0.728. The number of carbonyl (C=O) groups excluding carboxylic acids is 1. The smallest absolute Gasteiger partial charge is 0.214 e. The van der Waals surface area contributed by atoms with Crippen molar-refractivity contribution in [3.63, 3.8) is 0 Å². The fraction of sp³-hybridized carbons (Fsp3) is 0. The fourth-order valence-corrected chi connectivity index (χ4v) is 1.99. The van der Waals surface area contributed by atoms with E-state index in [1.807, 2.05) is 0 Å². The Labute approximate surface area is 112 Å². The van der Waals surface area contributed by atoms with Crippen molar-refractivity contribution in [2.45, 2.75) is 0 Å². The van der Waals surface area contributed by atoms with Crippen LogP contribution in [-0.2, 0) is 0 Å². The quantitative estimate of drug-likeness (QED) is 0.866. The second-order valence-corrected chi connectivity index (χ2v) is 4.72. The minimum atomic E-state index is -0.277. The van der Waals surface area contributed by atoms with Crippen LogP contribution in [0.3, 0.4) is 0 Å². The maximum absolute atomic E-state index is 12.2. The molecular weight excluding hydrogens is 304 g/mol. The van der Waals surface area contributed by atoms with Gasteiger partial charge in [-0.25, -0.2) is 4.98 Å². The maximum Gasteiger partial charge on any atom is 0.214 e. The number of carbonyl (C=O) groups is 1. The molecule has 1 heterocycles. The lowest BCUT2D eigenvalue weighted by Gasteiger charge is -2.05. The highest BCUT2D eigenvalue weighted by Crippen LogP contribution is 2.22. The SMILES string of the molecule is Nc1cc(Br)cnc1C(=O)c1ccccc1Cl. The molecule has 0 unspecified atom stereocenters. The molecule has 0 saturated heterocycles. The van der Waals surface area contributed by atoms with Gasteiger partial charge in [0, 0.05) is 16.2 Å². The molecule has 86 valence electrons. The zero-order valence-corrected chi connectivity index (χ0v) is 11.0. The molecule has 2 N–H and O–H groups in total. The van der Waals surface area contributed by atoms with Crippen molar-refractivity contribution in [2.75, 3.05) is 5.73 Å². The highest BCUT2D eigenvalue weighted by molar-refractivity contribution is 9.10. The summed E-state index contributed by atoms with van der Waals surface area (Å²) in [7, 11) is 0. The lowest BCUT2D eigenvalue weighted by molar-refractivity contribution is 0.103. The van der Waals surface area contributed by atoms with E-state index in [2.05, 4.69) is 20.9 Å². The third kappa shape index (κ3) is 2.48. The average molecular weight is 312 g/mol. The van der Waals surface area contributed by atoms with Gasteiger partial charge in [-0.3, -0.25) is 4.79 Å². The van der Waals surface area contributed by atoms with Gasteiger partial charge in [-0.2, -0.15) is 0 Å². The van der Waals surface area contributed by atoms with Crippen LogP contribution in [0.2, 0.25) is 5.02 Å². The van der Waals surface area contributed by atoms with Crippen molar-refractivity contribution < 1.29 is 4.79 Å². The van der Waals surface area contributed by atoms with Crippen LogP contribution in [0.5, 0.6) is 0 Å². The second-order valence-electron chi connectivity index (χ2n) is 3.40. The molecule has 0 radical (unpaired) electrons. The molecule has 1 aromatic heterocycles. The molecule has 2 rings (SSSR count). The molecule has 0 amide bonds. The number of aromatic nitrogens is 1. The summed E-state index contributed by atoms with van der Waals surface area (Å²) in [6, 6.07) is 8.44. The lowest BCUT2D eigenvalue weighted by atomic mass is 10.1. The van der Waals surface area contributed by atoms with Gasteiger partial charge in [0.1, 0.15) is 5.69 Å². The van der Waals surface area contributed by atoms with Gasteiger partial charge < -0.3 is 5.73 Å². The summed E-state index contributed by atoms with van der Waals surface area (Å²) in [5.41, 5.74) is 6.69. The lowest BCUT2D eigenvalue weighted by Crippen LogP contribution is -2.08. The van der Waals surface area contributed by atoms with Crippen LogP contribution in [-0.4, -0.2) is 10.8 Å². The van der Waals surface area contributed by atoms with E-state index < -0.39 is 0 Å². The highest BCUT2D eigenvalue weighted by atomic mass is 79.9. The summed E-state index contributed by atoms with van der Waals surface area (Å²) in [5.74, 6) is -0.277. The van der Waals surface area contributed by atoms with E-state index in [1.54, 1.807) is 30.3 Å². The zero-order chi connectivity index (χ0) is 12.4. The van der Waals surface area contributed by atoms with Crippen LogP contribution >= 0.6 is 27.5 Å². The molecule has 2 aromatic rings. The third-order valence-electron chi connectivity index (χ3n) is 2.22. The van der Waals surface area contributed by atoms with Gasteiger partial charge in [0.25, 0.3) is 0 Å². The Morgan fingerprint density at radius 1 is 1.35 bits per heavy atom. The Balaban J connectivity index is 2.48. The van der Waals surface area contributed by atoms with Crippen molar-refractivity contribution >= 4 is 39.0 Å². The summed E-state index contributed by atoms with van der Waals surface area (Å²) in [4.78, 5) is 16.2. The number of halogens is 2. The van der Waals surface area contributed by atoms with Crippen molar-refractivity contribution in [1.82, 2.24) is 4.98 Å². The Morgan fingerprint density at radius 2 is 2.06 bits per heavy atom. The van der Waals surface area contributed by atoms with E-state index in [9.17, 15) is 4.79 Å². The molecule has 0 saturated carbocycles. The van der Waals surface area contributed by atoms with E-state index in [4.69, 9.17) is 17.3 Å². The van der Waals surface area contributed by atoms with E-state index in [1.165, 1.54) is 6.20 Å². The minimum Gasteiger partial charge on any atom is -0.397 e. The molecule has 0 aliphatic heterocycles. The minimum absolute atomic E-state index is 0.210. The fourth-order valence-electron chi connectivity index (χ4n) is 1.42. The molecule has 0 atom stereocenters. The Hall–Kier alpha value is -1.39. The Morgan fingerprint density at radius 3 is 2.71 bits per heavy atom. The topological polar surface area (TPSA) is 56.0 Å². The molecule has 0 fully saturated rings. The molecule has 17 heavy (non-hydrogen) atoms. The molecule has 0 bridgehead atoms. The van der Waals surface area contributed by atoms with E-state index >= 15 is 0 Å². The Kier molecular flexibility index (Phi) is 3.45. The van der Waals surface area contributed by atoms with E-state index in [-0.39, 0.29) is 11.5 Å². The predicted octanol–water partition coefficient (Wildman–Crippen LogP) is 3.31. The predicted molar refractivity (Wildman–Crippen MR) is 71.2 cm³/mol. The van der Waals surface area contributed by atoms with Gasteiger partial charge >= 0.3 is 0 Å². The van der Waals surface area contributed by atoms with Crippen LogP contribution in [0.1, 0.15) is 16.1 Å². The summed E-state index contributed by atoms with van der Waals surface area (Å²) in [5, 5.41) is 0.390. The number of nitrogens with zero attached hydrogens (tertiary/aromatic N) is 1. The molecule has 3 nitrogen and oxygen atoms in total. The molecule has 0 aliphatic rings. The first kappa shape index (κ1) is 12.1. The number of nitrogens with two attached hydrogens (primary N) is 1. The molecule has 0 aliphatic carbocycles. The molecule has 0 spiro atoms. The number of pyridine rings is 1. The van der Waals surface area contributed by atoms with Gasteiger partial charge in [-0.1, -0.05) is 23.7 Å². The number of anilines is 1. The number of hydrogen-bond donors (Lipinski definition) is 1. The van der Waals surface area contributed by atoms with Gasteiger partial charge in [0.15, 0.2) is 0 Å². The summed E-state index contributed by atoms with van der Waals surface area (Å²) >= 11 is 9.19. The third-order valence-corrected chi connectivity index (χ3v) is 2.98. The highest BCUT2D eigenvalue weighted by Gasteiger charge is 2.16. The van der Waals surface area contributed by atoms with Gasteiger partial charge in [-0.15, -0.1) is 0 Å². The van der Waals surface area contributed by atoms with Crippen molar-refractivity contribution in [2.24, 2.45) is 0 Å². The number of ketones is 1. The summed E-state index contributed by atoms with van der Waals surface area (Å²) in [6.07, 6.45) is 1.53. The van der Waals surface area contributed by atoms with Crippen molar-refractivity contribution in [3.8, 4) is 0 Å². The van der Waals surface area contributed by atoms with Gasteiger partial charge in [0.2, 0.25) is 5.78 Å². The largest absolute Gasteiger partial charge is 0.397 e. The van der Waals surface area contributed by atoms with Crippen LogP contribution in [0, 0.1) is 0 Å². The molecule has 1 aromatic carbocycles. The monoisotopic (exact) mass is 310 g/mol. The summed E-state index contributed by atoms with van der Waals surface area (Å²) in [6.45, 7) is 0. The van der Waals surface area contributed by atoms with Gasteiger partial charge in [0.05, 0.1) is 10.7 Å².